The molecule has 9 aromatic carbocycles. The lowest BCUT2D eigenvalue weighted by Gasteiger charge is -2.33. The zero-order valence-corrected chi connectivity index (χ0v) is 67.4. The predicted molar refractivity (Wildman–Crippen MR) is 473 cm³/mol. The largest absolute Gasteiger partial charge is 0.351 e. The second kappa shape index (κ2) is 26.6. The molecule has 15 aromatic rings. The molecular weight excluding hydrogens is 1390 g/mol. The number of aromatic nitrogens is 6. The lowest BCUT2D eigenvalue weighted by atomic mass is 10.0. The molecule has 21 rings (SSSR count). The third-order valence-corrected chi connectivity index (χ3v) is 25.1. The summed E-state index contributed by atoms with van der Waals surface area (Å²) >= 11 is 0. The van der Waals surface area contributed by atoms with Crippen molar-refractivity contribution in [2.45, 2.75) is 113 Å². The fourth-order valence-corrected chi connectivity index (χ4v) is 18.2. The highest BCUT2D eigenvalue weighted by Crippen LogP contribution is 2.55. The Morgan fingerprint density at radius 3 is 0.664 bits per heavy atom. The van der Waals surface area contributed by atoms with Crippen LogP contribution < -0.4 is 58.8 Å². The number of rotatable bonds is 6. The number of pyridine rings is 6. The standard InChI is InChI=1S/2C32H32N6.C31H30N6/c1-19-15-27(37-21(3)35(5)31-29(37)17-23-11-7-9-13-25(23)33-31)20(2)28(16-19)38-22(4)36(6)32-30(38)18-24-12-8-10-14-26(24)34-32;1-19-15-27(37-21(3)35(5)29-17-23-11-7-9-13-25(23)33-31(29)37)20(2)28(16-19)38-22(4)36(6)30-18-24-12-8-10-14-26(24)34-32(30)38;1-19-26(36-20(2)34(4)30-28(36)17-22-11-6-8-13-24(22)32-30)15-10-16-27(19)37-21(3)35(5)31-29(37)18-23-12-7-9-14-25(23)33-31/h2*7-18,21-22H,1-6H3;6-18,20-21H,1-5H3/t2*21-,22+;20-,21+. The molecule has 6 aliphatic rings. The van der Waals surface area contributed by atoms with Crippen molar-refractivity contribution in [2.75, 3.05) is 101 Å². The maximum atomic E-state index is 5.16. The summed E-state index contributed by atoms with van der Waals surface area (Å²) in [6.07, 6.45) is 0.833. The Morgan fingerprint density at radius 1 is 0.195 bits per heavy atom. The summed E-state index contributed by atoms with van der Waals surface area (Å²) in [6, 6.07) is 79.8. The van der Waals surface area contributed by atoms with Crippen LogP contribution in [0.25, 0.3) is 65.4 Å². The van der Waals surface area contributed by atoms with Gasteiger partial charge in [-0.05, 0) is 213 Å². The number of hydrogen-bond donors (Lipinski definition) is 0. The van der Waals surface area contributed by atoms with E-state index in [0.717, 1.165) is 134 Å². The van der Waals surface area contributed by atoms with Gasteiger partial charge in [-0.1, -0.05) is 115 Å². The van der Waals surface area contributed by atoms with Crippen LogP contribution in [0.3, 0.4) is 0 Å². The summed E-state index contributed by atoms with van der Waals surface area (Å²) in [6.45, 7) is 24.6. The van der Waals surface area contributed by atoms with Crippen LogP contribution in [0.5, 0.6) is 0 Å². The van der Waals surface area contributed by atoms with Gasteiger partial charge in [0.2, 0.25) is 0 Å². The Labute approximate surface area is 661 Å². The number of aryl methyl sites for hydroxylation is 2. The van der Waals surface area contributed by atoms with E-state index in [1.165, 1.54) is 61.9 Å². The molecule has 0 unspecified atom stereocenters. The molecule has 0 fully saturated rings. The number of benzene rings is 9. The Kier molecular flexibility index (Phi) is 16.6. The molecule has 0 N–H and O–H groups in total. The van der Waals surface area contributed by atoms with E-state index >= 15 is 0 Å². The highest BCUT2D eigenvalue weighted by molar-refractivity contribution is 6.01. The topological polar surface area (TPSA) is 116 Å². The van der Waals surface area contributed by atoms with E-state index < -0.39 is 0 Å². The van der Waals surface area contributed by atoms with Crippen molar-refractivity contribution in [3.05, 3.63) is 252 Å². The van der Waals surface area contributed by atoms with Crippen molar-refractivity contribution in [3.8, 4) is 0 Å². The molecule has 0 aliphatic carbocycles. The van der Waals surface area contributed by atoms with Crippen molar-refractivity contribution < 1.29 is 0 Å². The highest BCUT2D eigenvalue weighted by Gasteiger charge is 2.43. The maximum Gasteiger partial charge on any atom is 0.159 e. The van der Waals surface area contributed by atoms with Crippen LogP contribution in [-0.4, -0.2) is 109 Å². The van der Waals surface area contributed by atoms with Crippen LogP contribution in [0, 0.1) is 34.6 Å². The van der Waals surface area contributed by atoms with E-state index in [0.29, 0.717) is 0 Å². The van der Waals surface area contributed by atoms with E-state index in [4.69, 9.17) is 29.9 Å². The minimum absolute atomic E-state index is 0.135. The second-order valence-corrected chi connectivity index (χ2v) is 31.6. The van der Waals surface area contributed by atoms with Gasteiger partial charge in [-0.15, -0.1) is 0 Å². The summed E-state index contributed by atoms with van der Waals surface area (Å²) in [5.41, 5.74) is 26.4. The van der Waals surface area contributed by atoms with Gasteiger partial charge >= 0.3 is 0 Å². The van der Waals surface area contributed by atoms with Crippen molar-refractivity contribution in [1.82, 2.24) is 29.9 Å². The first-order valence-corrected chi connectivity index (χ1v) is 39.4. The molecule has 564 valence electrons. The lowest BCUT2D eigenvalue weighted by molar-refractivity contribution is 0.721. The number of para-hydroxylation sites is 6. The van der Waals surface area contributed by atoms with Gasteiger partial charge in [0.25, 0.3) is 0 Å². The zero-order chi connectivity index (χ0) is 78.0. The first kappa shape index (κ1) is 70.4. The molecule has 0 amide bonds. The third kappa shape index (κ3) is 11.0. The molecule has 0 saturated heterocycles. The monoisotopic (exact) mass is 1490 g/mol. The molecule has 12 heterocycles. The summed E-state index contributed by atoms with van der Waals surface area (Å²) < 4.78 is 0. The van der Waals surface area contributed by atoms with Gasteiger partial charge in [-0.25, -0.2) is 29.9 Å². The average molecular weight is 1490 g/mol. The number of fused-ring (bicyclic) bond motifs is 12. The summed E-state index contributed by atoms with van der Waals surface area (Å²) in [5, 5.41) is 6.96. The van der Waals surface area contributed by atoms with Gasteiger partial charge in [0.05, 0.1) is 67.2 Å². The third-order valence-electron chi connectivity index (χ3n) is 25.1. The van der Waals surface area contributed by atoms with Crippen molar-refractivity contribution in [3.63, 3.8) is 0 Å². The normalized spacial score (nSPS) is 18.6. The van der Waals surface area contributed by atoms with E-state index in [2.05, 4.69) is 402 Å². The fraction of sp³-hybridized carbons (Fsp3) is 0.242. The molecular formula is C95H94N18. The van der Waals surface area contributed by atoms with Crippen molar-refractivity contribution >= 4 is 169 Å². The molecule has 113 heavy (non-hydrogen) atoms. The molecule has 6 aliphatic heterocycles. The Bertz CT molecular complexity index is 5770. The molecule has 18 nitrogen and oxygen atoms in total. The van der Waals surface area contributed by atoms with Gasteiger partial charge in [-0.3, -0.25) is 0 Å². The summed E-state index contributed by atoms with van der Waals surface area (Å²) in [7, 11) is 12.9. The van der Waals surface area contributed by atoms with Gasteiger partial charge in [-0.2, -0.15) is 0 Å². The predicted octanol–water partition coefficient (Wildman–Crippen LogP) is 21.5. The number of anilines is 18. The van der Waals surface area contributed by atoms with E-state index in [1.807, 2.05) is 0 Å². The Balaban J connectivity index is 0.000000114. The fourth-order valence-electron chi connectivity index (χ4n) is 18.2. The second-order valence-electron chi connectivity index (χ2n) is 31.6. The Morgan fingerprint density at radius 2 is 0.398 bits per heavy atom. The van der Waals surface area contributed by atoms with Crippen molar-refractivity contribution in [1.29, 1.82) is 0 Å². The van der Waals surface area contributed by atoms with Gasteiger partial charge < -0.3 is 58.8 Å². The minimum Gasteiger partial charge on any atom is -0.351 e. The smallest absolute Gasteiger partial charge is 0.159 e. The van der Waals surface area contributed by atoms with Gasteiger partial charge in [0.1, 0.15) is 37.0 Å². The molecule has 6 aromatic heterocycles. The van der Waals surface area contributed by atoms with Crippen LogP contribution >= 0.6 is 0 Å². The zero-order valence-electron chi connectivity index (χ0n) is 67.4. The summed E-state index contributed by atoms with van der Waals surface area (Å²) in [5.74, 6) is 6.10. The molecule has 6 atom stereocenters. The molecule has 0 spiro atoms. The quantitative estimate of drug-likeness (QED) is 0.157. The van der Waals surface area contributed by atoms with E-state index in [1.54, 1.807) is 0 Å². The lowest BCUT2D eigenvalue weighted by Crippen LogP contribution is -2.37. The van der Waals surface area contributed by atoms with Crippen LogP contribution in [0.15, 0.2) is 224 Å². The van der Waals surface area contributed by atoms with Crippen LogP contribution in [0.4, 0.5) is 103 Å². The van der Waals surface area contributed by atoms with E-state index in [-0.39, 0.29) is 37.0 Å². The first-order chi connectivity index (χ1) is 54.6. The van der Waals surface area contributed by atoms with Gasteiger partial charge in [0.15, 0.2) is 34.9 Å². The minimum atomic E-state index is 0.135. The molecule has 0 bridgehead atoms. The van der Waals surface area contributed by atoms with E-state index in [9.17, 15) is 0 Å². The molecule has 0 radical (unpaired) electrons. The number of nitrogens with zero attached hydrogens (tertiary/aromatic N) is 18. The first-order valence-electron chi connectivity index (χ1n) is 39.4. The molecule has 18 heteroatoms. The van der Waals surface area contributed by atoms with Crippen molar-refractivity contribution in [2.24, 2.45) is 0 Å². The number of hydrogen-bond acceptors (Lipinski definition) is 18. The van der Waals surface area contributed by atoms with Crippen LogP contribution in [-0.2, 0) is 0 Å². The highest BCUT2D eigenvalue weighted by atomic mass is 15.5. The van der Waals surface area contributed by atoms with Gasteiger partial charge in [0, 0.05) is 109 Å². The molecule has 0 saturated carbocycles. The SMILES string of the molecule is Cc1c(N2c3cc4ccccc4nc3N(C)[C@H]2C)cccc1N1c2cc3ccccc3nc2N(C)[C@@H]1C.Cc1cc(N2c3cc4ccccc4nc3N(C)[C@H]2C)c(C)c(N2c3cc4ccccc4nc3N(C)[C@@H]2C)c1.Cc1cc(N2c3nc4ccccc4cc3N(C)[C@H]2C)c(C)c(N2c3nc4ccccc4cc3N(C)[C@@H]2C)c1. The van der Waals surface area contributed by atoms with Crippen LogP contribution in [0.1, 0.15) is 69.4 Å². The van der Waals surface area contributed by atoms with Crippen LogP contribution in [0.2, 0.25) is 0 Å². The Hall–Kier alpha value is -13.0. The summed E-state index contributed by atoms with van der Waals surface area (Å²) in [4.78, 5) is 58.8. The maximum absolute atomic E-state index is 5.16. The average Bonchev–Trinajstić information content (AvgIpc) is 1.62.